The van der Waals surface area contributed by atoms with Crippen LogP contribution >= 0.6 is 0 Å². The van der Waals surface area contributed by atoms with Gasteiger partial charge in [-0.2, -0.15) is 8.78 Å². The van der Waals surface area contributed by atoms with Gasteiger partial charge in [-0.25, -0.2) is 9.59 Å². The second-order valence-electron chi connectivity index (χ2n) is 5.62. The van der Waals surface area contributed by atoms with Crippen LogP contribution in [0.15, 0.2) is 0 Å². The minimum absolute atomic E-state index is 0.119. The van der Waals surface area contributed by atoms with Gasteiger partial charge in [0.15, 0.2) is 0 Å². The highest BCUT2D eigenvalue weighted by atomic mass is 19.3. The number of alkyl halides is 2. The van der Waals surface area contributed by atoms with Crippen molar-refractivity contribution in [3.63, 3.8) is 0 Å². The first-order valence-corrected chi connectivity index (χ1v) is 6.61. The maximum Gasteiger partial charge on any atom is 0.408 e. The van der Waals surface area contributed by atoms with Crippen LogP contribution in [0.4, 0.5) is 13.6 Å². The van der Waals surface area contributed by atoms with Crippen LogP contribution in [0.3, 0.4) is 0 Å². The van der Waals surface area contributed by atoms with Crippen molar-refractivity contribution in [1.29, 1.82) is 0 Å². The quantitative estimate of drug-likeness (QED) is 0.707. The summed E-state index contributed by atoms with van der Waals surface area (Å²) in [7, 11) is 0. The summed E-state index contributed by atoms with van der Waals surface area (Å²) in [6, 6.07) is -1.78. The van der Waals surface area contributed by atoms with E-state index in [9.17, 15) is 18.4 Å². The molecule has 1 atom stereocenters. The first-order valence-electron chi connectivity index (χ1n) is 6.61. The molecule has 0 bridgehead atoms. The Morgan fingerprint density at radius 3 is 2.20 bits per heavy atom. The van der Waals surface area contributed by atoms with Crippen LogP contribution in [0.2, 0.25) is 0 Å². The van der Waals surface area contributed by atoms with E-state index < -0.39 is 29.6 Å². The standard InChI is InChI=1S/C13H23F2NO4/c1-5-6-7-8-9(13(14,15)10(17)18)16-11(19)20-12(2,3)4/h9H,5-8H2,1-4H3,(H,16,19)(H,17,18). The van der Waals surface area contributed by atoms with Crippen LogP contribution in [0.25, 0.3) is 0 Å². The first-order chi connectivity index (χ1) is 9.00. The van der Waals surface area contributed by atoms with Gasteiger partial charge in [-0.1, -0.05) is 26.2 Å². The number of hydrogen-bond acceptors (Lipinski definition) is 3. The van der Waals surface area contributed by atoms with Crippen LogP contribution in [0.5, 0.6) is 0 Å². The van der Waals surface area contributed by atoms with Crippen molar-refractivity contribution in [3.8, 4) is 0 Å². The van der Waals surface area contributed by atoms with Crippen molar-refractivity contribution in [2.75, 3.05) is 0 Å². The Balaban J connectivity index is 4.77. The van der Waals surface area contributed by atoms with Gasteiger partial charge >= 0.3 is 18.0 Å². The van der Waals surface area contributed by atoms with Crippen molar-refractivity contribution in [2.45, 2.75) is 70.9 Å². The molecule has 0 aromatic carbocycles. The fourth-order valence-electron chi connectivity index (χ4n) is 1.54. The van der Waals surface area contributed by atoms with Gasteiger partial charge in [0.25, 0.3) is 0 Å². The van der Waals surface area contributed by atoms with Gasteiger partial charge in [-0.3, -0.25) is 0 Å². The summed E-state index contributed by atoms with van der Waals surface area (Å²) in [6.45, 7) is 6.67. The van der Waals surface area contributed by atoms with Crippen LogP contribution in [0, 0.1) is 0 Å². The third-order valence-electron chi connectivity index (χ3n) is 2.51. The van der Waals surface area contributed by atoms with Crippen molar-refractivity contribution in [2.24, 2.45) is 0 Å². The van der Waals surface area contributed by atoms with Crippen molar-refractivity contribution < 1.29 is 28.2 Å². The molecule has 0 heterocycles. The number of halogens is 2. The van der Waals surface area contributed by atoms with Gasteiger partial charge in [0.1, 0.15) is 11.6 Å². The van der Waals surface area contributed by atoms with Crippen LogP contribution in [-0.4, -0.2) is 34.7 Å². The molecule has 0 aromatic heterocycles. The minimum Gasteiger partial charge on any atom is -0.477 e. The molecule has 2 N–H and O–H groups in total. The molecule has 0 spiro atoms. The normalized spacial score (nSPS) is 13.7. The summed E-state index contributed by atoms with van der Waals surface area (Å²) in [5.41, 5.74) is -0.837. The summed E-state index contributed by atoms with van der Waals surface area (Å²) in [6.07, 6.45) is 0.728. The van der Waals surface area contributed by atoms with Crippen LogP contribution < -0.4 is 5.32 Å². The van der Waals surface area contributed by atoms with Gasteiger partial charge in [0, 0.05) is 0 Å². The minimum atomic E-state index is -4.02. The Bertz CT molecular complexity index is 340. The second-order valence-corrected chi connectivity index (χ2v) is 5.62. The van der Waals surface area contributed by atoms with E-state index in [2.05, 4.69) is 0 Å². The lowest BCUT2D eigenvalue weighted by molar-refractivity contribution is -0.169. The molecular weight excluding hydrogens is 272 g/mol. The van der Waals surface area contributed by atoms with Gasteiger partial charge in [-0.15, -0.1) is 0 Å². The fraction of sp³-hybridized carbons (Fsp3) is 0.846. The molecule has 0 aliphatic heterocycles. The molecule has 118 valence electrons. The molecule has 0 aromatic rings. The molecule has 20 heavy (non-hydrogen) atoms. The maximum absolute atomic E-state index is 13.6. The second kappa shape index (κ2) is 7.40. The molecule has 0 radical (unpaired) electrons. The predicted molar refractivity (Wildman–Crippen MR) is 69.9 cm³/mol. The van der Waals surface area contributed by atoms with Gasteiger partial charge in [0.2, 0.25) is 0 Å². The highest BCUT2D eigenvalue weighted by Crippen LogP contribution is 2.24. The van der Waals surface area contributed by atoms with Gasteiger partial charge in [0.05, 0.1) is 0 Å². The Kier molecular flexibility index (Phi) is 6.88. The molecule has 0 saturated heterocycles. The number of alkyl carbamates (subject to hydrolysis) is 1. The topological polar surface area (TPSA) is 75.6 Å². The van der Waals surface area contributed by atoms with E-state index in [1.807, 2.05) is 12.2 Å². The molecular formula is C13H23F2NO4. The number of unbranched alkanes of at least 4 members (excludes halogenated alkanes) is 2. The van der Waals surface area contributed by atoms with Crippen LogP contribution in [-0.2, 0) is 9.53 Å². The smallest absolute Gasteiger partial charge is 0.408 e. The number of carbonyl (C=O) groups excluding carboxylic acids is 1. The van der Waals surface area contributed by atoms with Gasteiger partial charge in [-0.05, 0) is 27.2 Å². The van der Waals surface area contributed by atoms with Crippen molar-refractivity contribution in [3.05, 3.63) is 0 Å². The zero-order valence-electron chi connectivity index (χ0n) is 12.3. The molecule has 1 unspecified atom stereocenters. The number of hydrogen-bond donors (Lipinski definition) is 2. The molecule has 0 fully saturated rings. The number of aliphatic carboxylic acids is 1. The first kappa shape index (κ1) is 18.6. The van der Waals surface area contributed by atoms with E-state index in [4.69, 9.17) is 9.84 Å². The zero-order valence-corrected chi connectivity index (χ0v) is 12.3. The summed E-state index contributed by atoms with van der Waals surface area (Å²) >= 11 is 0. The molecule has 7 heteroatoms. The molecule has 0 aliphatic carbocycles. The Morgan fingerprint density at radius 2 is 1.80 bits per heavy atom. The van der Waals surface area contributed by atoms with Crippen LogP contribution in [0.1, 0.15) is 53.4 Å². The van der Waals surface area contributed by atoms with E-state index in [0.717, 1.165) is 6.42 Å². The Labute approximate surface area is 117 Å². The Hall–Kier alpha value is -1.40. The highest BCUT2D eigenvalue weighted by molar-refractivity contribution is 5.78. The predicted octanol–water partition coefficient (Wildman–Crippen LogP) is 3.18. The van der Waals surface area contributed by atoms with E-state index in [-0.39, 0.29) is 6.42 Å². The fourth-order valence-corrected chi connectivity index (χ4v) is 1.54. The molecule has 0 aliphatic rings. The number of nitrogens with one attached hydrogen (secondary N) is 1. The third-order valence-corrected chi connectivity index (χ3v) is 2.51. The SMILES string of the molecule is CCCCCC(NC(=O)OC(C)(C)C)C(F)(F)C(=O)O. The van der Waals surface area contributed by atoms with Crippen molar-refractivity contribution in [1.82, 2.24) is 5.32 Å². The molecule has 0 saturated carbocycles. The summed E-state index contributed by atoms with van der Waals surface area (Å²) in [4.78, 5) is 22.1. The lowest BCUT2D eigenvalue weighted by Crippen LogP contribution is -2.52. The van der Waals surface area contributed by atoms with Crippen molar-refractivity contribution >= 4 is 12.1 Å². The van der Waals surface area contributed by atoms with Gasteiger partial charge < -0.3 is 15.2 Å². The highest BCUT2D eigenvalue weighted by Gasteiger charge is 2.48. The number of rotatable bonds is 7. The molecule has 5 nitrogen and oxygen atoms in total. The summed E-state index contributed by atoms with van der Waals surface area (Å²) < 4.78 is 32.0. The average molecular weight is 295 g/mol. The van der Waals surface area contributed by atoms with E-state index in [1.54, 1.807) is 20.8 Å². The number of carboxylic acid groups (broad SMARTS) is 1. The average Bonchev–Trinajstić information content (AvgIpc) is 2.25. The third kappa shape index (κ3) is 6.68. The number of carboxylic acids is 1. The van der Waals surface area contributed by atoms with E-state index in [1.165, 1.54) is 0 Å². The number of amides is 1. The Morgan fingerprint density at radius 1 is 1.25 bits per heavy atom. The summed E-state index contributed by atoms with van der Waals surface area (Å²) in [5, 5.41) is 10.5. The lowest BCUT2D eigenvalue weighted by atomic mass is 10.0. The molecule has 0 rings (SSSR count). The zero-order chi connectivity index (χ0) is 16.0. The van der Waals surface area contributed by atoms with E-state index >= 15 is 0 Å². The summed E-state index contributed by atoms with van der Waals surface area (Å²) in [5.74, 6) is -6.28. The largest absolute Gasteiger partial charge is 0.477 e. The lowest BCUT2D eigenvalue weighted by Gasteiger charge is -2.26. The molecule has 1 amide bonds. The number of carbonyl (C=O) groups is 2. The monoisotopic (exact) mass is 295 g/mol. The number of ether oxygens (including phenoxy) is 1. The van der Waals surface area contributed by atoms with E-state index in [0.29, 0.717) is 12.8 Å². The maximum atomic E-state index is 13.6.